The van der Waals surface area contributed by atoms with E-state index in [1.165, 1.54) is 0 Å². The largest absolute Gasteiger partial charge is 0.494 e. The van der Waals surface area contributed by atoms with Gasteiger partial charge in [-0.1, -0.05) is 5.16 Å². The molecule has 0 unspecified atom stereocenters. The van der Waals surface area contributed by atoms with Gasteiger partial charge in [-0.25, -0.2) is 8.42 Å². The van der Waals surface area contributed by atoms with Gasteiger partial charge in [0.05, 0.1) is 12.2 Å². The van der Waals surface area contributed by atoms with Crippen molar-refractivity contribution in [3.8, 4) is 17.2 Å². The molecule has 0 fully saturated rings. The molecule has 26 heavy (non-hydrogen) atoms. The lowest BCUT2D eigenvalue weighted by Gasteiger charge is -2.10. The number of aryl methyl sites for hydroxylation is 3. The van der Waals surface area contributed by atoms with Gasteiger partial charge >= 0.3 is 0 Å². The van der Waals surface area contributed by atoms with Gasteiger partial charge in [0.2, 0.25) is 0 Å². The number of rotatable bonds is 6. The van der Waals surface area contributed by atoms with Crippen LogP contribution in [0, 0.1) is 20.8 Å². The van der Waals surface area contributed by atoms with Crippen molar-refractivity contribution in [1.29, 1.82) is 0 Å². The minimum absolute atomic E-state index is 0.0903. The van der Waals surface area contributed by atoms with Crippen LogP contribution in [0.3, 0.4) is 0 Å². The van der Waals surface area contributed by atoms with Crippen LogP contribution in [0.4, 0.5) is 5.69 Å². The molecule has 2 aromatic heterocycles. The fourth-order valence-electron chi connectivity index (χ4n) is 2.74. The SMILES string of the molecule is CCOc1ccc(NS(=O)(=O)c2c(C)[nH]c(C)c2-c2nc(C)no2)cc1. The van der Waals surface area contributed by atoms with Gasteiger partial charge in [0, 0.05) is 17.1 Å². The Morgan fingerprint density at radius 3 is 2.42 bits per heavy atom. The highest BCUT2D eigenvalue weighted by Crippen LogP contribution is 2.33. The zero-order valence-electron chi connectivity index (χ0n) is 15.0. The molecular weight excluding hydrogens is 356 g/mol. The van der Waals surface area contributed by atoms with Crippen molar-refractivity contribution in [2.75, 3.05) is 11.3 Å². The number of hydrogen-bond acceptors (Lipinski definition) is 6. The summed E-state index contributed by atoms with van der Waals surface area (Å²) < 4.78 is 39.1. The average Bonchev–Trinajstić information content (AvgIpc) is 3.12. The highest BCUT2D eigenvalue weighted by molar-refractivity contribution is 7.93. The maximum absolute atomic E-state index is 13.0. The lowest BCUT2D eigenvalue weighted by atomic mass is 10.2. The third-order valence-electron chi connectivity index (χ3n) is 3.75. The van der Waals surface area contributed by atoms with Crippen LogP contribution in [-0.4, -0.2) is 30.1 Å². The van der Waals surface area contributed by atoms with E-state index >= 15 is 0 Å². The molecule has 0 aliphatic rings. The molecule has 0 atom stereocenters. The topological polar surface area (TPSA) is 110 Å². The van der Waals surface area contributed by atoms with E-state index in [1.54, 1.807) is 45.0 Å². The van der Waals surface area contributed by atoms with E-state index in [4.69, 9.17) is 9.26 Å². The summed E-state index contributed by atoms with van der Waals surface area (Å²) in [6.07, 6.45) is 0. The zero-order valence-corrected chi connectivity index (χ0v) is 15.8. The second-order valence-electron chi connectivity index (χ2n) is 5.79. The van der Waals surface area contributed by atoms with E-state index in [0.29, 0.717) is 40.8 Å². The minimum Gasteiger partial charge on any atom is -0.494 e. The van der Waals surface area contributed by atoms with Crippen LogP contribution in [-0.2, 0) is 10.0 Å². The van der Waals surface area contributed by atoms with Crippen LogP contribution < -0.4 is 9.46 Å². The summed E-state index contributed by atoms with van der Waals surface area (Å²) in [5, 5.41) is 3.75. The van der Waals surface area contributed by atoms with Gasteiger partial charge in [0.1, 0.15) is 10.6 Å². The van der Waals surface area contributed by atoms with Gasteiger partial charge in [-0.05, 0) is 52.0 Å². The van der Waals surface area contributed by atoms with E-state index in [2.05, 4.69) is 19.8 Å². The van der Waals surface area contributed by atoms with Gasteiger partial charge in [-0.15, -0.1) is 0 Å². The van der Waals surface area contributed by atoms with E-state index in [9.17, 15) is 8.42 Å². The smallest absolute Gasteiger partial charge is 0.264 e. The van der Waals surface area contributed by atoms with E-state index in [-0.39, 0.29) is 10.8 Å². The number of nitrogens with one attached hydrogen (secondary N) is 2. The third-order valence-corrected chi connectivity index (χ3v) is 5.30. The van der Waals surface area contributed by atoms with Gasteiger partial charge in [-0.3, -0.25) is 4.72 Å². The van der Waals surface area contributed by atoms with E-state index in [1.807, 2.05) is 6.92 Å². The van der Waals surface area contributed by atoms with Gasteiger partial charge in [0.25, 0.3) is 15.9 Å². The number of sulfonamides is 1. The molecular formula is C17H20N4O4S. The van der Waals surface area contributed by atoms with Crippen molar-refractivity contribution in [2.24, 2.45) is 0 Å². The van der Waals surface area contributed by atoms with Gasteiger partial charge in [0.15, 0.2) is 5.82 Å². The van der Waals surface area contributed by atoms with Crippen LogP contribution in [0.5, 0.6) is 5.75 Å². The molecule has 0 saturated carbocycles. The van der Waals surface area contributed by atoms with Crippen molar-refractivity contribution in [3.63, 3.8) is 0 Å². The monoisotopic (exact) mass is 376 g/mol. The summed E-state index contributed by atoms with van der Waals surface area (Å²) in [7, 11) is -3.87. The quantitative estimate of drug-likeness (QED) is 0.684. The predicted molar refractivity (Wildman–Crippen MR) is 96.7 cm³/mol. The molecule has 0 radical (unpaired) electrons. The first-order valence-electron chi connectivity index (χ1n) is 8.07. The van der Waals surface area contributed by atoms with Gasteiger partial charge < -0.3 is 14.2 Å². The van der Waals surface area contributed by atoms with Crippen LogP contribution in [0.1, 0.15) is 24.1 Å². The number of hydrogen-bond donors (Lipinski definition) is 2. The second-order valence-corrected chi connectivity index (χ2v) is 7.41. The molecule has 9 heteroatoms. The molecule has 0 saturated heterocycles. The molecule has 2 heterocycles. The lowest BCUT2D eigenvalue weighted by Crippen LogP contribution is -2.14. The number of benzene rings is 1. The van der Waals surface area contributed by atoms with Crippen LogP contribution >= 0.6 is 0 Å². The molecule has 8 nitrogen and oxygen atoms in total. The first-order chi connectivity index (χ1) is 12.3. The fraction of sp³-hybridized carbons (Fsp3) is 0.294. The highest BCUT2D eigenvalue weighted by atomic mass is 32.2. The molecule has 3 rings (SSSR count). The Kier molecular flexibility index (Phi) is 4.73. The standard InChI is InChI=1S/C17H20N4O4S/c1-5-24-14-8-6-13(7-9-14)21-26(22,23)16-11(3)18-10(2)15(16)17-19-12(4)20-25-17/h6-9,18,21H,5H2,1-4H3. The summed E-state index contributed by atoms with van der Waals surface area (Å²) >= 11 is 0. The summed E-state index contributed by atoms with van der Waals surface area (Å²) in [5.74, 6) is 1.27. The lowest BCUT2D eigenvalue weighted by molar-refractivity contribution is 0.340. The molecule has 3 aromatic rings. The maximum Gasteiger partial charge on any atom is 0.264 e. The van der Waals surface area contributed by atoms with Crippen molar-refractivity contribution in [2.45, 2.75) is 32.6 Å². The molecule has 0 spiro atoms. The number of H-pyrrole nitrogens is 1. The predicted octanol–water partition coefficient (Wildman–Crippen LogP) is 3.19. The number of nitrogens with zero attached hydrogens (tertiary/aromatic N) is 2. The summed E-state index contributed by atoms with van der Waals surface area (Å²) in [6, 6.07) is 6.71. The molecule has 0 amide bonds. The number of ether oxygens (including phenoxy) is 1. The van der Waals surface area contributed by atoms with Crippen molar-refractivity contribution < 1.29 is 17.7 Å². The van der Waals surface area contributed by atoms with E-state index in [0.717, 1.165) is 0 Å². The molecule has 2 N–H and O–H groups in total. The molecule has 0 aliphatic heterocycles. The van der Waals surface area contributed by atoms with Gasteiger partial charge in [-0.2, -0.15) is 4.98 Å². The number of anilines is 1. The van der Waals surface area contributed by atoms with E-state index < -0.39 is 10.0 Å². The number of aromatic nitrogens is 3. The molecule has 138 valence electrons. The first kappa shape index (κ1) is 18.0. The zero-order chi connectivity index (χ0) is 18.9. The molecule has 0 aliphatic carbocycles. The Labute approximate surface area is 151 Å². The minimum atomic E-state index is -3.87. The Bertz CT molecular complexity index is 1020. The van der Waals surface area contributed by atoms with Crippen molar-refractivity contribution >= 4 is 15.7 Å². The molecule has 0 bridgehead atoms. The third kappa shape index (κ3) is 3.43. The summed E-state index contributed by atoms with van der Waals surface area (Å²) in [6.45, 7) is 7.55. The van der Waals surface area contributed by atoms with Crippen molar-refractivity contribution in [1.82, 2.24) is 15.1 Å². The van der Waals surface area contributed by atoms with Crippen LogP contribution in [0.2, 0.25) is 0 Å². The fourth-order valence-corrected chi connectivity index (χ4v) is 4.25. The number of aromatic amines is 1. The maximum atomic E-state index is 13.0. The normalized spacial score (nSPS) is 11.5. The molecule has 1 aromatic carbocycles. The van der Waals surface area contributed by atoms with Crippen molar-refractivity contribution in [3.05, 3.63) is 41.5 Å². The Morgan fingerprint density at radius 2 is 1.85 bits per heavy atom. The first-order valence-corrected chi connectivity index (χ1v) is 9.55. The second kappa shape index (κ2) is 6.83. The highest BCUT2D eigenvalue weighted by Gasteiger charge is 2.29. The Morgan fingerprint density at radius 1 is 1.15 bits per heavy atom. The Hall–Kier alpha value is -2.81. The average molecular weight is 376 g/mol. The Balaban J connectivity index is 1.99. The van der Waals surface area contributed by atoms with Crippen LogP contribution in [0.15, 0.2) is 33.7 Å². The summed E-state index contributed by atoms with van der Waals surface area (Å²) in [5.41, 5.74) is 1.94. The summed E-state index contributed by atoms with van der Waals surface area (Å²) in [4.78, 5) is 7.29. The van der Waals surface area contributed by atoms with Crippen LogP contribution in [0.25, 0.3) is 11.5 Å².